The molecule has 0 saturated carbocycles. The molecule has 5 heteroatoms. The standard InChI is InChI=1S/C16H15ClFNO2/c1-11-9-13(17)7-8-14(11)21-16(18,15(19)20)10-12-5-3-2-4-6-12/h2-9H,10H2,1H3,(H2,19,20). The first-order valence-corrected chi connectivity index (χ1v) is 6.76. The number of halogens is 2. The van der Waals surface area contributed by atoms with Crippen molar-refractivity contribution in [3.63, 3.8) is 0 Å². The predicted octanol–water partition coefficient (Wildman–Crippen LogP) is 3.42. The Balaban J connectivity index is 2.28. The Labute approximate surface area is 127 Å². The number of carbonyl (C=O) groups is 1. The Morgan fingerprint density at radius 3 is 2.52 bits per heavy atom. The highest BCUT2D eigenvalue weighted by Gasteiger charge is 2.40. The first kappa shape index (κ1) is 15.3. The molecule has 0 fully saturated rings. The molecule has 1 atom stereocenters. The van der Waals surface area contributed by atoms with Crippen molar-refractivity contribution in [1.29, 1.82) is 0 Å². The first-order chi connectivity index (χ1) is 9.90. The highest BCUT2D eigenvalue weighted by atomic mass is 35.5. The lowest BCUT2D eigenvalue weighted by Gasteiger charge is -2.24. The third kappa shape index (κ3) is 3.73. The van der Waals surface area contributed by atoms with Gasteiger partial charge < -0.3 is 10.5 Å². The van der Waals surface area contributed by atoms with Crippen molar-refractivity contribution < 1.29 is 13.9 Å². The molecule has 0 aromatic heterocycles. The van der Waals surface area contributed by atoms with Crippen LogP contribution in [-0.4, -0.2) is 11.8 Å². The minimum Gasteiger partial charge on any atom is -0.449 e. The number of nitrogens with two attached hydrogens (primary N) is 1. The number of alkyl halides is 1. The molecule has 110 valence electrons. The Hall–Kier alpha value is -2.07. The molecule has 1 amide bonds. The number of ether oxygens (including phenoxy) is 1. The zero-order valence-corrected chi connectivity index (χ0v) is 12.2. The van der Waals surface area contributed by atoms with E-state index in [9.17, 15) is 9.18 Å². The number of amides is 1. The highest BCUT2D eigenvalue weighted by molar-refractivity contribution is 6.30. The van der Waals surface area contributed by atoms with Gasteiger partial charge in [-0.25, -0.2) is 0 Å². The molecule has 0 heterocycles. The lowest BCUT2D eigenvalue weighted by Crippen LogP contribution is -2.47. The minimum atomic E-state index is -2.61. The molecule has 0 aliphatic carbocycles. The Bertz CT molecular complexity index is 648. The van der Waals surface area contributed by atoms with E-state index in [1.807, 2.05) is 0 Å². The Morgan fingerprint density at radius 2 is 1.95 bits per heavy atom. The Morgan fingerprint density at radius 1 is 1.29 bits per heavy atom. The zero-order valence-electron chi connectivity index (χ0n) is 11.5. The summed E-state index contributed by atoms with van der Waals surface area (Å²) in [7, 11) is 0. The van der Waals surface area contributed by atoms with Crippen LogP contribution in [0.1, 0.15) is 11.1 Å². The molecule has 2 N–H and O–H groups in total. The number of hydrogen-bond donors (Lipinski definition) is 1. The number of primary amides is 1. The van der Waals surface area contributed by atoms with E-state index in [2.05, 4.69) is 0 Å². The monoisotopic (exact) mass is 307 g/mol. The van der Waals surface area contributed by atoms with Crippen molar-refractivity contribution in [2.75, 3.05) is 0 Å². The fraction of sp³-hybridized carbons (Fsp3) is 0.188. The quantitative estimate of drug-likeness (QED) is 0.920. The van der Waals surface area contributed by atoms with E-state index >= 15 is 0 Å². The SMILES string of the molecule is Cc1cc(Cl)ccc1OC(F)(Cc1ccccc1)C(N)=O. The lowest BCUT2D eigenvalue weighted by atomic mass is 10.1. The molecular weight excluding hydrogens is 293 g/mol. The summed E-state index contributed by atoms with van der Waals surface area (Å²) in [6.07, 6.45) is -0.259. The lowest BCUT2D eigenvalue weighted by molar-refractivity contribution is -0.150. The van der Waals surface area contributed by atoms with Gasteiger partial charge in [-0.2, -0.15) is 4.39 Å². The molecule has 1 unspecified atom stereocenters. The molecule has 0 spiro atoms. The average molecular weight is 308 g/mol. The van der Waals surface area contributed by atoms with Gasteiger partial charge in [0.05, 0.1) is 6.42 Å². The number of aryl methyl sites for hydroxylation is 1. The largest absolute Gasteiger partial charge is 0.449 e. The summed E-state index contributed by atoms with van der Waals surface area (Å²) in [4.78, 5) is 11.5. The van der Waals surface area contributed by atoms with Crippen molar-refractivity contribution in [3.8, 4) is 5.75 Å². The molecular formula is C16H15ClFNO2. The van der Waals surface area contributed by atoms with E-state index in [1.165, 1.54) is 6.07 Å². The summed E-state index contributed by atoms with van der Waals surface area (Å²) < 4.78 is 20.1. The van der Waals surface area contributed by atoms with E-state index in [1.54, 1.807) is 49.4 Å². The van der Waals surface area contributed by atoms with Crippen LogP contribution in [0.2, 0.25) is 5.02 Å². The maximum atomic E-state index is 14.8. The third-order valence-corrected chi connectivity index (χ3v) is 3.29. The summed E-state index contributed by atoms with van der Waals surface area (Å²) >= 11 is 5.84. The van der Waals surface area contributed by atoms with Gasteiger partial charge in [0.15, 0.2) is 0 Å². The second-order valence-corrected chi connectivity index (χ2v) is 5.20. The van der Waals surface area contributed by atoms with Crippen molar-refractivity contribution in [2.24, 2.45) is 5.73 Å². The van der Waals surface area contributed by atoms with E-state index in [0.29, 0.717) is 16.1 Å². The molecule has 2 aromatic carbocycles. The number of rotatable bonds is 5. The zero-order chi connectivity index (χ0) is 15.5. The van der Waals surface area contributed by atoms with Crippen molar-refractivity contribution >= 4 is 17.5 Å². The minimum absolute atomic E-state index is 0.233. The number of hydrogen-bond acceptors (Lipinski definition) is 2. The van der Waals surface area contributed by atoms with Crippen LogP contribution in [0, 0.1) is 6.92 Å². The van der Waals surface area contributed by atoms with Gasteiger partial charge in [0.1, 0.15) is 5.75 Å². The molecule has 21 heavy (non-hydrogen) atoms. The predicted molar refractivity (Wildman–Crippen MR) is 80.0 cm³/mol. The van der Waals surface area contributed by atoms with Gasteiger partial charge in [-0.05, 0) is 36.2 Å². The van der Waals surface area contributed by atoms with Crippen LogP contribution in [0.4, 0.5) is 4.39 Å². The van der Waals surface area contributed by atoms with Crippen LogP contribution in [0.3, 0.4) is 0 Å². The average Bonchev–Trinajstić information content (AvgIpc) is 2.43. The van der Waals surface area contributed by atoms with Crippen LogP contribution in [0.15, 0.2) is 48.5 Å². The molecule has 0 saturated heterocycles. The molecule has 2 rings (SSSR count). The van der Waals surface area contributed by atoms with E-state index < -0.39 is 11.8 Å². The van der Waals surface area contributed by atoms with Gasteiger partial charge in [-0.15, -0.1) is 0 Å². The summed E-state index contributed by atoms with van der Waals surface area (Å²) in [5.41, 5.74) is 6.42. The summed E-state index contributed by atoms with van der Waals surface area (Å²) in [6, 6.07) is 13.4. The fourth-order valence-corrected chi connectivity index (χ4v) is 2.16. The third-order valence-electron chi connectivity index (χ3n) is 3.05. The van der Waals surface area contributed by atoms with Crippen molar-refractivity contribution in [3.05, 3.63) is 64.7 Å². The van der Waals surface area contributed by atoms with Crippen LogP contribution >= 0.6 is 11.6 Å². The normalized spacial score (nSPS) is 13.5. The van der Waals surface area contributed by atoms with Gasteiger partial charge in [0, 0.05) is 5.02 Å². The summed E-state index contributed by atoms with van der Waals surface area (Å²) in [5, 5.41) is 0.506. The Kier molecular flexibility index (Phi) is 4.48. The van der Waals surface area contributed by atoms with Crippen molar-refractivity contribution in [1.82, 2.24) is 0 Å². The smallest absolute Gasteiger partial charge is 0.330 e. The van der Waals surface area contributed by atoms with Gasteiger partial charge >= 0.3 is 5.85 Å². The number of benzene rings is 2. The second kappa shape index (κ2) is 6.14. The van der Waals surface area contributed by atoms with Gasteiger partial charge in [-0.1, -0.05) is 41.9 Å². The van der Waals surface area contributed by atoms with Crippen LogP contribution in [0.5, 0.6) is 5.75 Å². The molecule has 3 nitrogen and oxygen atoms in total. The molecule has 0 aliphatic rings. The van der Waals surface area contributed by atoms with Crippen LogP contribution in [-0.2, 0) is 11.2 Å². The maximum absolute atomic E-state index is 14.8. The fourth-order valence-electron chi connectivity index (χ4n) is 1.93. The van der Waals surface area contributed by atoms with Crippen LogP contribution in [0.25, 0.3) is 0 Å². The molecule has 0 aliphatic heterocycles. The van der Waals surface area contributed by atoms with Gasteiger partial charge in [-0.3, -0.25) is 4.79 Å². The van der Waals surface area contributed by atoms with E-state index in [0.717, 1.165) is 0 Å². The topological polar surface area (TPSA) is 52.3 Å². The molecule has 2 aromatic rings. The van der Waals surface area contributed by atoms with Gasteiger partial charge in [0.2, 0.25) is 0 Å². The van der Waals surface area contributed by atoms with Gasteiger partial charge in [0.25, 0.3) is 5.91 Å². The molecule has 0 radical (unpaired) electrons. The van der Waals surface area contributed by atoms with Crippen molar-refractivity contribution in [2.45, 2.75) is 19.2 Å². The van der Waals surface area contributed by atoms with Crippen LogP contribution < -0.4 is 10.5 Å². The van der Waals surface area contributed by atoms with E-state index in [-0.39, 0.29) is 12.2 Å². The number of carbonyl (C=O) groups excluding carboxylic acids is 1. The van der Waals surface area contributed by atoms with E-state index in [4.69, 9.17) is 22.1 Å². The first-order valence-electron chi connectivity index (χ1n) is 6.38. The molecule has 0 bridgehead atoms. The second-order valence-electron chi connectivity index (χ2n) is 4.77. The summed E-state index contributed by atoms with van der Waals surface area (Å²) in [5.74, 6) is -3.54. The highest BCUT2D eigenvalue weighted by Crippen LogP contribution is 2.28. The maximum Gasteiger partial charge on any atom is 0.330 e. The summed E-state index contributed by atoms with van der Waals surface area (Å²) in [6.45, 7) is 1.71.